The van der Waals surface area contributed by atoms with E-state index in [4.69, 9.17) is 0 Å². The van der Waals surface area contributed by atoms with Crippen LogP contribution in [0.25, 0.3) is 0 Å². The minimum Gasteiger partial charge on any atom is -0.378 e. The maximum absolute atomic E-state index is 12.4. The van der Waals surface area contributed by atoms with Gasteiger partial charge in [-0.05, 0) is 43.0 Å². The van der Waals surface area contributed by atoms with E-state index >= 15 is 0 Å². The van der Waals surface area contributed by atoms with Gasteiger partial charge in [0.05, 0.1) is 0 Å². The third kappa shape index (κ3) is 6.14. The van der Waals surface area contributed by atoms with Crippen LogP contribution in [0.3, 0.4) is 0 Å². The van der Waals surface area contributed by atoms with E-state index in [1.807, 2.05) is 39.3 Å². The van der Waals surface area contributed by atoms with Gasteiger partial charge in [-0.1, -0.05) is 42.5 Å². The number of amides is 2. The first-order chi connectivity index (χ1) is 12.0. The summed E-state index contributed by atoms with van der Waals surface area (Å²) in [4.78, 5) is 16.1. The molecule has 4 heteroatoms. The highest BCUT2D eigenvalue weighted by Crippen LogP contribution is 2.13. The van der Waals surface area contributed by atoms with Crippen LogP contribution in [-0.2, 0) is 13.0 Å². The summed E-state index contributed by atoms with van der Waals surface area (Å²) in [5.74, 6) is 0. The fraction of sp³-hybridized carbons (Fsp3) is 0.381. The maximum Gasteiger partial charge on any atom is 0.317 e. The number of nitrogens with zero attached hydrogens (tertiary/aromatic N) is 2. The first-order valence-corrected chi connectivity index (χ1v) is 8.77. The summed E-state index contributed by atoms with van der Waals surface area (Å²) in [6, 6.07) is 18.8. The number of anilines is 1. The Morgan fingerprint density at radius 1 is 0.960 bits per heavy atom. The molecule has 0 radical (unpaired) electrons. The third-order valence-corrected chi connectivity index (χ3v) is 4.30. The quantitative estimate of drug-likeness (QED) is 0.830. The molecule has 2 amide bonds. The van der Waals surface area contributed by atoms with Gasteiger partial charge in [-0.15, -0.1) is 0 Å². The molecule has 0 saturated heterocycles. The lowest BCUT2D eigenvalue weighted by Crippen LogP contribution is -2.41. The smallest absolute Gasteiger partial charge is 0.317 e. The Kier molecular flexibility index (Phi) is 6.87. The summed E-state index contributed by atoms with van der Waals surface area (Å²) < 4.78 is 0. The normalized spacial score (nSPS) is 11.7. The van der Waals surface area contributed by atoms with Crippen molar-refractivity contribution >= 4 is 11.7 Å². The van der Waals surface area contributed by atoms with E-state index in [0.717, 1.165) is 24.1 Å². The standard InChI is InChI=1S/C21H29N3O/c1-17(10-11-18-8-6-5-7-9-18)22-21(25)24(4)16-19-12-14-20(15-13-19)23(2)3/h5-9,12-15,17H,10-11,16H2,1-4H3,(H,22,25)/t17-/m1/s1. The van der Waals surface area contributed by atoms with Crippen molar-refractivity contribution in [2.75, 3.05) is 26.0 Å². The zero-order valence-electron chi connectivity index (χ0n) is 15.7. The molecular weight excluding hydrogens is 310 g/mol. The second kappa shape index (κ2) is 9.11. The van der Waals surface area contributed by atoms with Crippen LogP contribution in [0.1, 0.15) is 24.5 Å². The molecular formula is C21H29N3O. The van der Waals surface area contributed by atoms with Crippen LogP contribution >= 0.6 is 0 Å². The Balaban J connectivity index is 1.79. The van der Waals surface area contributed by atoms with Crippen molar-refractivity contribution in [1.82, 2.24) is 10.2 Å². The van der Waals surface area contributed by atoms with Crippen molar-refractivity contribution in [2.45, 2.75) is 32.4 Å². The van der Waals surface area contributed by atoms with Crippen LogP contribution in [0.4, 0.5) is 10.5 Å². The second-order valence-electron chi connectivity index (χ2n) is 6.79. The number of urea groups is 1. The minimum absolute atomic E-state index is 0.0303. The van der Waals surface area contributed by atoms with E-state index in [0.29, 0.717) is 6.54 Å². The molecule has 0 saturated carbocycles. The number of hydrogen-bond acceptors (Lipinski definition) is 2. The highest BCUT2D eigenvalue weighted by molar-refractivity contribution is 5.74. The molecule has 0 aliphatic rings. The summed E-state index contributed by atoms with van der Waals surface area (Å²) in [5.41, 5.74) is 3.59. The Hall–Kier alpha value is -2.49. The average Bonchev–Trinajstić information content (AvgIpc) is 2.61. The highest BCUT2D eigenvalue weighted by atomic mass is 16.2. The predicted octanol–water partition coefficient (Wildman–Crippen LogP) is 3.92. The van der Waals surface area contributed by atoms with Crippen molar-refractivity contribution in [3.05, 3.63) is 65.7 Å². The lowest BCUT2D eigenvalue weighted by atomic mass is 10.1. The lowest BCUT2D eigenvalue weighted by molar-refractivity contribution is 0.203. The number of hydrogen-bond donors (Lipinski definition) is 1. The molecule has 2 aromatic carbocycles. The average molecular weight is 339 g/mol. The van der Waals surface area contributed by atoms with Gasteiger partial charge in [0.25, 0.3) is 0 Å². The zero-order chi connectivity index (χ0) is 18.2. The van der Waals surface area contributed by atoms with Gasteiger partial charge in [0.1, 0.15) is 0 Å². The van der Waals surface area contributed by atoms with Gasteiger partial charge in [0, 0.05) is 39.4 Å². The topological polar surface area (TPSA) is 35.6 Å². The first kappa shape index (κ1) is 18.8. The molecule has 0 unspecified atom stereocenters. The number of aryl methyl sites for hydroxylation is 1. The van der Waals surface area contributed by atoms with E-state index < -0.39 is 0 Å². The third-order valence-electron chi connectivity index (χ3n) is 4.30. The molecule has 0 aromatic heterocycles. The monoisotopic (exact) mass is 339 g/mol. The summed E-state index contributed by atoms with van der Waals surface area (Å²) in [6.45, 7) is 2.66. The molecule has 0 spiro atoms. The van der Waals surface area contributed by atoms with Crippen LogP contribution in [0.15, 0.2) is 54.6 Å². The van der Waals surface area contributed by atoms with Crippen LogP contribution in [0.2, 0.25) is 0 Å². The molecule has 1 atom stereocenters. The van der Waals surface area contributed by atoms with Gasteiger partial charge >= 0.3 is 6.03 Å². The fourth-order valence-electron chi connectivity index (χ4n) is 2.67. The van der Waals surface area contributed by atoms with E-state index in [1.165, 1.54) is 5.56 Å². The summed E-state index contributed by atoms with van der Waals surface area (Å²) in [5, 5.41) is 3.08. The van der Waals surface area contributed by atoms with Gasteiger partial charge in [0.2, 0.25) is 0 Å². The van der Waals surface area contributed by atoms with E-state index in [-0.39, 0.29) is 12.1 Å². The number of carbonyl (C=O) groups is 1. The van der Waals surface area contributed by atoms with Crippen molar-refractivity contribution in [2.24, 2.45) is 0 Å². The van der Waals surface area contributed by atoms with Gasteiger partial charge < -0.3 is 15.1 Å². The summed E-state index contributed by atoms with van der Waals surface area (Å²) in [6.07, 6.45) is 1.90. The molecule has 0 bridgehead atoms. The SMILES string of the molecule is C[C@H](CCc1ccccc1)NC(=O)N(C)Cc1ccc(N(C)C)cc1. The molecule has 4 nitrogen and oxygen atoms in total. The molecule has 0 fully saturated rings. The number of carbonyl (C=O) groups excluding carboxylic acids is 1. The van der Waals surface area contributed by atoms with Gasteiger partial charge in [0.15, 0.2) is 0 Å². The van der Waals surface area contributed by atoms with Crippen LogP contribution in [0, 0.1) is 0 Å². The lowest BCUT2D eigenvalue weighted by Gasteiger charge is -2.22. The molecule has 25 heavy (non-hydrogen) atoms. The fourth-order valence-corrected chi connectivity index (χ4v) is 2.67. The Morgan fingerprint density at radius 2 is 1.60 bits per heavy atom. The molecule has 0 heterocycles. The van der Waals surface area contributed by atoms with Gasteiger partial charge in [-0.3, -0.25) is 0 Å². The minimum atomic E-state index is -0.0303. The van der Waals surface area contributed by atoms with E-state index in [1.54, 1.807) is 4.90 Å². The van der Waals surface area contributed by atoms with Gasteiger partial charge in [-0.2, -0.15) is 0 Å². The Bertz CT molecular complexity index is 653. The molecule has 134 valence electrons. The van der Waals surface area contributed by atoms with Gasteiger partial charge in [-0.25, -0.2) is 4.79 Å². The zero-order valence-corrected chi connectivity index (χ0v) is 15.7. The Labute approximate surface area is 151 Å². The second-order valence-corrected chi connectivity index (χ2v) is 6.79. The first-order valence-electron chi connectivity index (χ1n) is 8.77. The maximum atomic E-state index is 12.4. The summed E-state index contributed by atoms with van der Waals surface area (Å²) in [7, 11) is 5.87. The Morgan fingerprint density at radius 3 is 2.20 bits per heavy atom. The van der Waals surface area contributed by atoms with Crippen molar-refractivity contribution in [3.63, 3.8) is 0 Å². The van der Waals surface area contributed by atoms with E-state index in [2.05, 4.69) is 53.5 Å². The molecule has 0 aliphatic carbocycles. The molecule has 0 aliphatic heterocycles. The largest absolute Gasteiger partial charge is 0.378 e. The van der Waals surface area contributed by atoms with Crippen LogP contribution < -0.4 is 10.2 Å². The number of rotatable bonds is 7. The predicted molar refractivity (Wildman–Crippen MR) is 105 cm³/mol. The van der Waals surface area contributed by atoms with Crippen LogP contribution in [0.5, 0.6) is 0 Å². The van der Waals surface area contributed by atoms with E-state index in [9.17, 15) is 4.79 Å². The number of benzene rings is 2. The van der Waals surface area contributed by atoms with Crippen molar-refractivity contribution < 1.29 is 4.79 Å². The number of nitrogens with one attached hydrogen (secondary N) is 1. The van der Waals surface area contributed by atoms with Crippen molar-refractivity contribution in [3.8, 4) is 0 Å². The van der Waals surface area contributed by atoms with Crippen molar-refractivity contribution in [1.29, 1.82) is 0 Å². The molecule has 2 aromatic rings. The molecule has 2 rings (SSSR count). The van der Waals surface area contributed by atoms with Crippen LogP contribution in [-0.4, -0.2) is 38.1 Å². The summed E-state index contributed by atoms with van der Waals surface area (Å²) >= 11 is 0. The molecule has 1 N–H and O–H groups in total. The highest BCUT2D eigenvalue weighted by Gasteiger charge is 2.12.